The van der Waals surface area contributed by atoms with Crippen molar-refractivity contribution < 1.29 is 18.6 Å². The fourth-order valence-corrected chi connectivity index (χ4v) is 1.83. The minimum atomic E-state index is -0.806. The van der Waals surface area contributed by atoms with Gasteiger partial charge in [-0.1, -0.05) is 0 Å². The van der Waals surface area contributed by atoms with E-state index in [2.05, 4.69) is 15.9 Å². The third-order valence-corrected chi connectivity index (χ3v) is 2.99. The summed E-state index contributed by atoms with van der Waals surface area (Å²) in [5, 5.41) is 9.64. The number of hydrogen-bond donors (Lipinski definition) is 1. The Kier molecular flexibility index (Phi) is 6.02. The van der Waals surface area contributed by atoms with E-state index in [4.69, 9.17) is 4.74 Å². The third kappa shape index (κ3) is 4.33. The molecule has 0 aliphatic heterocycles. The lowest BCUT2D eigenvalue weighted by Gasteiger charge is -2.12. The molecule has 0 saturated heterocycles. The van der Waals surface area contributed by atoms with Crippen LogP contribution in [0.5, 0.6) is 0 Å². The maximum atomic E-state index is 13.6. The van der Waals surface area contributed by atoms with Gasteiger partial charge in [0.15, 0.2) is 0 Å². The van der Waals surface area contributed by atoms with Crippen molar-refractivity contribution in [2.75, 3.05) is 13.2 Å². The lowest BCUT2D eigenvalue weighted by molar-refractivity contribution is 0.0878. The van der Waals surface area contributed by atoms with Crippen LogP contribution in [0.4, 0.5) is 8.78 Å². The average Bonchev–Trinajstić information content (AvgIpc) is 2.30. The van der Waals surface area contributed by atoms with Crippen molar-refractivity contribution in [2.45, 2.75) is 25.9 Å². The number of benzene rings is 1. The molecule has 1 aromatic rings. The second kappa shape index (κ2) is 7.03. The van der Waals surface area contributed by atoms with Crippen LogP contribution in [0.2, 0.25) is 0 Å². The minimum absolute atomic E-state index is 0.0514. The maximum Gasteiger partial charge on any atom is 0.143 e. The Labute approximate surface area is 108 Å². The molecule has 0 radical (unpaired) electrons. The van der Waals surface area contributed by atoms with E-state index in [1.165, 1.54) is 12.1 Å². The highest BCUT2D eigenvalue weighted by Gasteiger charge is 2.16. The van der Waals surface area contributed by atoms with Gasteiger partial charge in [-0.05, 0) is 41.4 Å². The van der Waals surface area contributed by atoms with Crippen LogP contribution in [0.25, 0.3) is 0 Å². The van der Waals surface area contributed by atoms with E-state index in [0.717, 1.165) is 0 Å². The maximum absolute atomic E-state index is 13.6. The van der Waals surface area contributed by atoms with Crippen molar-refractivity contribution in [1.29, 1.82) is 0 Å². The topological polar surface area (TPSA) is 29.5 Å². The van der Waals surface area contributed by atoms with E-state index < -0.39 is 17.7 Å². The standard InChI is InChI=1S/C12H15BrF2O2/c1-2-17-6-5-8(16)7-9-11(14)4-3-10(13)12(9)15/h3-4,8,16H,2,5-7H2,1H3. The van der Waals surface area contributed by atoms with Crippen molar-refractivity contribution in [3.8, 4) is 0 Å². The molecule has 0 spiro atoms. The van der Waals surface area contributed by atoms with E-state index in [-0.39, 0.29) is 16.5 Å². The van der Waals surface area contributed by atoms with Crippen LogP contribution in [0.15, 0.2) is 16.6 Å². The van der Waals surface area contributed by atoms with Crippen molar-refractivity contribution in [2.24, 2.45) is 0 Å². The molecular formula is C12H15BrF2O2. The zero-order chi connectivity index (χ0) is 12.8. The highest BCUT2D eigenvalue weighted by molar-refractivity contribution is 9.10. The van der Waals surface area contributed by atoms with Crippen molar-refractivity contribution >= 4 is 15.9 Å². The summed E-state index contributed by atoms with van der Waals surface area (Å²) < 4.78 is 32.2. The molecule has 0 bridgehead atoms. The molecular weight excluding hydrogens is 294 g/mol. The monoisotopic (exact) mass is 308 g/mol. The number of halogens is 3. The lowest BCUT2D eigenvalue weighted by Crippen LogP contribution is -2.15. The predicted octanol–water partition coefficient (Wildman–Crippen LogP) is 3.06. The molecule has 2 nitrogen and oxygen atoms in total. The fraction of sp³-hybridized carbons (Fsp3) is 0.500. The summed E-state index contributed by atoms with van der Waals surface area (Å²) in [5.74, 6) is -1.29. The Hall–Kier alpha value is -0.520. The molecule has 0 heterocycles. The summed E-state index contributed by atoms with van der Waals surface area (Å²) in [7, 11) is 0. The highest BCUT2D eigenvalue weighted by atomic mass is 79.9. The van der Waals surface area contributed by atoms with Crippen LogP contribution < -0.4 is 0 Å². The Morgan fingerprint density at radius 2 is 2.12 bits per heavy atom. The lowest BCUT2D eigenvalue weighted by atomic mass is 10.0. The molecule has 1 unspecified atom stereocenters. The molecule has 0 aromatic heterocycles. The number of ether oxygens (including phenoxy) is 1. The summed E-state index contributed by atoms with van der Waals surface area (Å²) in [5.41, 5.74) is -0.0941. The molecule has 1 N–H and O–H groups in total. The fourth-order valence-electron chi connectivity index (χ4n) is 1.46. The van der Waals surface area contributed by atoms with Gasteiger partial charge in [0.25, 0.3) is 0 Å². The van der Waals surface area contributed by atoms with Gasteiger partial charge in [0.2, 0.25) is 0 Å². The van der Waals surface area contributed by atoms with E-state index in [1.807, 2.05) is 6.92 Å². The van der Waals surface area contributed by atoms with Crippen LogP contribution in [-0.2, 0) is 11.2 Å². The van der Waals surface area contributed by atoms with Gasteiger partial charge >= 0.3 is 0 Å². The molecule has 96 valence electrons. The number of aliphatic hydroxyl groups is 1. The summed E-state index contributed by atoms with van der Waals surface area (Å²) in [4.78, 5) is 0. The van der Waals surface area contributed by atoms with Gasteiger partial charge in [0.1, 0.15) is 11.6 Å². The third-order valence-electron chi connectivity index (χ3n) is 2.38. The Balaban J connectivity index is 2.64. The summed E-state index contributed by atoms with van der Waals surface area (Å²) >= 11 is 2.99. The van der Waals surface area contributed by atoms with Crippen LogP contribution in [0, 0.1) is 11.6 Å². The number of aliphatic hydroxyl groups excluding tert-OH is 1. The van der Waals surface area contributed by atoms with Crippen LogP contribution in [-0.4, -0.2) is 24.4 Å². The van der Waals surface area contributed by atoms with Crippen LogP contribution >= 0.6 is 15.9 Å². The van der Waals surface area contributed by atoms with Gasteiger partial charge < -0.3 is 9.84 Å². The van der Waals surface area contributed by atoms with Crippen molar-refractivity contribution in [3.63, 3.8) is 0 Å². The highest BCUT2D eigenvalue weighted by Crippen LogP contribution is 2.23. The van der Waals surface area contributed by atoms with Crippen LogP contribution in [0.1, 0.15) is 18.9 Å². The van der Waals surface area contributed by atoms with Gasteiger partial charge in [-0.15, -0.1) is 0 Å². The first-order chi connectivity index (χ1) is 8.06. The molecule has 0 fully saturated rings. The van der Waals surface area contributed by atoms with E-state index in [1.54, 1.807) is 0 Å². The van der Waals surface area contributed by atoms with Gasteiger partial charge in [-0.3, -0.25) is 0 Å². The molecule has 1 rings (SSSR count). The summed E-state index contributed by atoms with van der Waals surface area (Å²) in [6.07, 6.45) is -0.497. The second-order valence-corrected chi connectivity index (χ2v) is 4.52. The summed E-state index contributed by atoms with van der Waals surface area (Å²) in [6, 6.07) is 2.48. The molecule has 0 amide bonds. The molecule has 17 heavy (non-hydrogen) atoms. The van der Waals surface area contributed by atoms with Crippen molar-refractivity contribution in [3.05, 3.63) is 33.8 Å². The molecule has 0 aliphatic rings. The van der Waals surface area contributed by atoms with E-state index in [9.17, 15) is 13.9 Å². The first-order valence-corrected chi connectivity index (χ1v) is 6.23. The molecule has 1 atom stereocenters. The predicted molar refractivity (Wildman–Crippen MR) is 64.9 cm³/mol. The zero-order valence-electron chi connectivity index (χ0n) is 9.55. The Morgan fingerprint density at radius 3 is 2.76 bits per heavy atom. The molecule has 5 heteroatoms. The smallest absolute Gasteiger partial charge is 0.143 e. The molecule has 1 aromatic carbocycles. The average molecular weight is 309 g/mol. The second-order valence-electron chi connectivity index (χ2n) is 3.67. The van der Waals surface area contributed by atoms with Gasteiger partial charge in [0.05, 0.1) is 10.6 Å². The number of rotatable bonds is 6. The largest absolute Gasteiger partial charge is 0.393 e. The van der Waals surface area contributed by atoms with Gasteiger partial charge in [0, 0.05) is 25.2 Å². The van der Waals surface area contributed by atoms with Crippen LogP contribution in [0.3, 0.4) is 0 Å². The normalized spacial score (nSPS) is 12.8. The van der Waals surface area contributed by atoms with Gasteiger partial charge in [-0.2, -0.15) is 0 Å². The summed E-state index contributed by atoms with van der Waals surface area (Å²) in [6.45, 7) is 2.79. The molecule has 0 aliphatic carbocycles. The quantitative estimate of drug-likeness (QED) is 0.646. The van der Waals surface area contributed by atoms with E-state index >= 15 is 0 Å². The molecule has 0 saturated carbocycles. The number of hydrogen-bond acceptors (Lipinski definition) is 2. The Bertz CT molecular complexity index is 372. The minimum Gasteiger partial charge on any atom is -0.393 e. The SMILES string of the molecule is CCOCCC(O)Cc1c(F)ccc(Br)c1F. The Morgan fingerprint density at radius 1 is 1.41 bits per heavy atom. The van der Waals surface area contributed by atoms with Gasteiger partial charge in [-0.25, -0.2) is 8.78 Å². The first-order valence-electron chi connectivity index (χ1n) is 5.44. The van der Waals surface area contributed by atoms with E-state index in [0.29, 0.717) is 19.6 Å². The first kappa shape index (κ1) is 14.5. The van der Waals surface area contributed by atoms with Crippen molar-refractivity contribution in [1.82, 2.24) is 0 Å². The zero-order valence-corrected chi connectivity index (χ0v) is 11.1.